The lowest BCUT2D eigenvalue weighted by Gasteiger charge is -2.44. The highest BCUT2D eigenvalue weighted by molar-refractivity contribution is 7.90. The number of carbonyl (C=O) groups excluding carboxylic acids is 1. The van der Waals surface area contributed by atoms with Gasteiger partial charge in [0.1, 0.15) is 6.61 Å². The zero-order valence-corrected chi connectivity index (χ0v) is 20.4. The molecule has 2 saturated heterocycles. The van der Waals surface area contributed by atoms with Gasteiger partial charge in [0, 0.05) is 31.9 Å². The van der Waals surface area contributed by atoms with E-state index in [1.54, 1.807) is 19.1 Å². The fourth-order valence-corrected chi connectivity index (χ4v) is 4.38. The van der Waals surface area contributed by atoms with Crippen molar-refractivity contribution in [1.29, 1.82) is 0 Å². The number of rotatable bonds is 6. The van der Waals surface area contributed by atoms with Gasteiger partial charge in [-0.05, 0) is 24.6 Å². The maximum Gasteiger partial charge on any atom is 0.433 e. The lowest BCUT2D eigenvalue weighted by Crippen LogP contribution is -2.65. The van der Waals surface area contributed by atoms with E-state index in [4.69, 9.17) is 9.47 Å². The molecule has 0 unspecified atom stereocenters. The third kappa shape index (κ3) is 5.48. The standard InChI is InChI=1S/C22H25F3N4O6S/c1-15-11-28(20(30)35-21(13-33-14-21)22(23,24)25)7-8-29(15)19-26-9-17(10-27-19)34-12-16-3-5-18(6-4-16)36(2,31)32/h3-6,9-10,15H,7-8,11-14H2,1-2H3/t15-/m1/s1. The molecule has 0 radical (unpaired) electrons. The van der Waals surface area contributed by atoms with Crippen molar-refractivity contribution in [3.05, 3.63) is 42.2 Å². The summed E-state index contributed by atoms with van der Waals surface area (Å²) in [5, 5.41) is 0. The first-order valence-electron chi connectivity index (χ1n) is 11.0. The molecular weight excluding hydrogens is 505 g/mol. The normalized spacial score (nSPS) is 20.0. The third-order valence-electron chi connectivity index (χ3n) is 5.98. The summed E-state index contributed by atoms with van der Waals surface area (Å²) in [4.78, 5) is 24.3. The van der Waals surface area contributed by atoms with Gasteiger partial charge in [-0.15, -0.1) is 0 Å². The van der Waals surface area contributed by atoms with Gasteiger partial charge in [0.2, 0.25) is 5.95 Å². The summed E-state index contributed by atoms with van der Waals surface area (Å²) >= 11 is 0. The lowest BCUT2D eigenvalue weighted by atomic mass is 10.0. The Hall–Kier alpha value is -3.13. The van der Waals surface area contributed by atoms with Crippen LogP contribution in [0.3, 0.4) is 0 Å². The molecule has 14 heteroatoms. The van der Waals surface area contributed by atoms with Gasteiger partial charge in [0.15, 0.2) is 15.6 Å². The SMILES string of the molecule is C[C@@H]1CN(C(=O)OC2(C(F)(F)F)COC2)CCN1c1ncc(OCc2ccc(S(C)(=O)=O)cc2)cn1. The highest BCUT2D eigenvalue weighted by atomic mass is 32.2. The van der Waals surface area contributed by atoms with E-state index < -0.39 is 40.9 Å². The second kappa shape index (κ2) is 9.73. The summed E-state index contributed by atoms with van der Waals surface area (Å²) in [5.74, 6) is 0.792. The molecule has 3 heterocycles. The smallest absolute Gasteiger partial charge is 0.433 e. The van der Waals surface area contributed by atoms with E-state index in [9.17, 15) is 26.4 Å². The Labute approximate surface area is 205 Å². The number of amides is 1. The minimum Gasteiger partial charge on any atom is -0.486 e. The number of sulfone groups is 1. The highest BCUT2D eigenvalue weighted by Gasteiger charge is 2.64. The summed E-state index contributed by atoms with van der Waals surface area (Å²) in [6, 6.07) is 6.06. The van der Waals surface area contributed by atoms with Crippen molar-refractivity contribution in [1.82, 2.24) is 14.9 Å². The fraction of sp³-hybridized carbons (Fsp3) is 0.500. The summed E-state index contributed by atoms with van der Waals surface area (Å²) in [6.07, 6.45) is -1.62. The van der Waals surface area contributed by atoms with Gasteiger partial charge in [-0.2, -0.15) is 13.2 Å². The number of piperazine rings is 1. The Kier molecular flexibility index (Phi) is 7.01. The number of halogens is 3. The predicted octanol–water partition coefficient (Wildman–Crippen LogP) is 2.44. The minimum atomic E-state index is -4.70. The lowest BCUT2D eigenvalue weighted by molar-refractivity contribution is -0.333. The van der Waals surface area contributed by atoms with Crippen LogP contribution in [0.15, 0.2) is 41.6 Å². The Balaban J connectivity index is 1.30. The second-order valence-electron chi connectivity index (χ2n) is 8.76. The zero-order valence-electron chi connectivity index (χ0n) is 19.6. The van der Waals surface area contributed by atoms with Gasteiger partial charge in [0.05, 0.1) is 30.5 Å². The second-order valence-corrected chi connectivity index (χ2v) is 10.8. The first-order valence-corrected chi connectivity index (χ1v) is 12.9. The van der Waals surface area contributed by atoms with Crippen molar-refractivity contribution in [2.45, 2.75) is 36.2 Å². The minimum absolute atomic E-state index is 0.138. The zero-order chi connectivity index (χ0) is 26.1. The molecule has 2 aliphatic heterocycles. The van der Waals surface area contributed by atoms with Crippen LogP contribution in [-0.4, -0.2) is 86.3 Å². The molecule has 36 heavy (non-hydrogen) atoms. The number of hydrogen-bond donors (Lipinski definition) is 0. The first kappa shape index (κ1) is 25.9. The molecule has 2 aliphatic rings. The molecule has 0 spiro atoms. The van der Waals surface area contributed by atoms with Crippen molar-refractivity contribution in [2.24, 2.45) is 0 Å². The van der Waals surface area contributed by atoms with E-state index in [0.717, 1.165) is 11.8 Å². The maximum absolute atomic E-state index is 13.3. The molecular formula is C22H25F3N4O6S. The van der Waals surface area contributed by atoms with Gasteiger partial charge < -0.3 is 24.0 Å². The molecule has 0 bridgehead atoms. The van der Waals surface area contributed by atoms with Crippen LogP contribution >= 0.6 is 0 Å². The van der Waals surface area contributed by atoms with Gasteiger partial charge in [-0.25, -0.2) is 23.2 Å². The molecule has 1 atom stereocenters. The van der Waals surface area contributed by atoms with E-state index in [1.807, 2.05) is 4.90 Å². The molecule has 196 valence electrons. The van der Waals surface area contributed by atoms with Gasteiger partial charge in [0.25, 0.3) is 5.60 Å². The first-order chi connectivity index (χ1) is 16.9. The van der Waals surface area contributed by atoms with Crippen molar-refractivity contribution in [3.63, 3.8) is 0 Å². The number of aromatic nitrogens is 2. The molecule has 1 amide bonds. The third-order valence-corrected chi connectivity index (χ3v) is 7.11. The number of benzene rings is 1. The van der Waals surface area contributed by atoms with Crippen LogP contribution in [0, 0.1) is 0 Å². The fourth-order valence-electron chi connectivity index (χ4n) is 3.75. The van der Waals surface area contributed by atoms with Gasteiger partial charge in [-0.1, -0.05) is 12.1 Å². The monoisotopic (exact) mass is 530 g/mol. The van der Waals surface area contributed by atoms with Gasteiger partial charge >= 0.3 is 12.3 Å². The van der Waals surface area contributed by atoms with Crippen LogP contribution in [0.5, 0.6) is 5.75 Å². The van der Waals surface area contributed by atoms with E-state index >= 15 is 0 Å². The van der Waals surface area contributed by atoms with Crippen LogP contribution in [0.1, 0.15) is 12.5 Å². The van der Waals surface area contributed by atoms with Crippen molar-refractivity contribution < 1.29 is 40.6 Å². The van der Waals surface area contributed by atoms with Crippen LogP contribution in [-0.2, 0) is 25.9 Å². The number of alkyl halides is 3. The van der Waals surface area contributed by atoms with Crippen LogP contribution in [0.4, 0.5) is 23.9 Å². The summed E-state index contributed by atoms with van der Waals surface area (Å²) < 4.78 is 78.0. The number of nitrogens with zero attached hydrogens (tertiary/aromatic N) is 4. The summed E-state index contributed by atoms with van der Waals surface area (Å²) in [5.41, 5.74) is -1.82. The van der Waals surface area contributed by atoms with Crippen LogP contribution < -0.4 is 9.64 Å². The van der Waals surface area contributed by atoms with E-state index in [-0.39, 0.29) is 30.6 Å². The number of ether oxygens (including phenoxy) is 3. The van der Waals surface area contributed by atoms with E-state index in [2.05, 4.69) is 14.7 Å². The number of carbonyl (C=O) groups is 1. The van der Waals surface area contributed by atoms with Crippen molar-refractivity contribution in [3.8, 4) is 5.75 Å². The van der Waals surface area contributed by atoms with Crippen LogP contribution in [0.25, 0.3) is 0 Å². The Morgan fingerprint density at radius 3 is 2.31 bits per heavy atom. The molecule has 10 nitrogen and oxygen atoms in total. The van der Waals surface area contributed by atoms with E-state index in [1.165, 1.54) is 29.4 Å². The Morgan fingerprint density at radius 1 is 1.17 bits per heavy atom. The largest absolute Gasteiger partial charge is 0.486 e. The molecule has 4 rings (SSSR count). The molecule has 0 saturated carbocycles. The number of hydrogen-bond acceptors (Lipinski definition) is 9. The topological polar surface area (TPSA) is 111 Å². The maximum atomic E-state index is 13.3. The Bertz CT molecular complexity index is 1190. The van der Waals surface area contributed by atoms with Crippen molar-refractivity contribution in [2.75, 3.05) is 44.0 Å². The average molecular weight is 531 g/mol. The molecule has 2 aromatic rings. The van der Waals surface area contributed by atoms with Crippen molar-refractivity contribution >= 4 is 21.9 Å². The predicted molar refractivity (Wildman–Crippen MR) is 120 cm³/mol. The molecule has 1 aromatic heterocycles. The van der Waals surface area contributed by atoms with Gasteiger partial charge in [-0.3, -0.25) is 0 Å². The Morgan fingerprint density at radius 2 is 1.81 bits per heavy atom. The molecule has 0 N–H and O–H groups in total. The van der Waals surface area contributed by atoms with Crippen LogP contribution in [0.2, 0.25) is 0 Å². The quantitative estimate of drug-likeness (QED) is 0.556. The molecule has 0 aliphatic carbocycles. The van der Waals surface area contributed by atoms with E-state index in [0.29, 0.717) is 18.2 Å². The summed E-state index contributed by atoms with van der Waals surface area (Å²) in [7, 11) is -3.27. The molecule has 2 fully saturated rings. The highest BCUT2D eigenvalue weighted by Crippen LogP contribution is 2.40. The summed E-state index contributed by atoms with van der Waals surface area (Å²) in [6.45, 7) is 1.17. The molecule has 1 aromatic carbocycles. The number of anilines is 1. The average Bonchev–Trinajstić information content (AvgIpc) is 2.79.